The fraction of sp³-hybridized carbons (Fsp3) is 0.750. The lowest BCUT2D eigenvalue weighted by Crippen LogP contribution is -2.30. The van der Waals surface area contributed by atoms with Gasteiger partial charge in [0.1, 0.15) is 5.60 Å². The monoisotopic (exact) mass is 284 g/mol. The zero-order chi connectivity index (χ0) is 16.0. The molecule has 0 amide bonds. The van der Waals surface area contributed by atoms with Crippen LogP contribution in [0.1, 0.15) is 54.4 Å². The molecule has 20 heavy (non-hydrogen) atoms. The highest BCUT2D eigenvalue weighted by molar-refractivity contribution is 5.91. The molecule has 0 aromatic rings. The van der Waals surface area contributed by atoms with Crippen molar-refractivity contribution in [2.75, 3.05) is 7.11 Å². The summed E-state index contributed by atoms with van der Waals surface area (Å²) in [7, 11) is 1.26. The largest absolute Gasteiger partial charge is 0.466 e. The molecular formula is C16H28O4. The van der Waals surface area contributed by atoms with Crippen molar-refractivity contribution in [3.05, 3.63) is 12.2 Å². The van der Waals surface area contributed by atoms with Gasteiger partial charge in [-0.05, 0) is 38.0 Å². The summed E-state index contributed by atoms with van der Waals surface area (Å²) in [6, 6.07) is 0. The number of hydrogen-bond donors (Lipinski definition) is 0. The van der Waals surface area contributed by atoms with E-state index < -0.39 is 17.5 Å². The van der Waals surface area contributed by atoms with Crippen molar-refractivity contribution < 1.29 is 19.1 Å². The van der Waals surface area contributed by atoms with Crippen LogP contribution in [0.15, 0.2) is 12.2 Å². The van der Waals surface area contributed by atoms with Crippen LogP contribution in [0, 0.1) is 11.3 Å². The number of esters is 2. The minimum atomic E-state index is -0.569. The number of ether oxygens (including phenoxy) is 2. The molecule has 0 radical (unpaired) electrons. The van der Waals surface area contributed by atoms with Crippen molar-refractivity contribution in [1.29, 1.82) is 0 Å². The molecule has 1 atom stereocenters. The van der Waals surface area contributed by atoms with Gasteiger partial charge in [0.05, 0.1) is 7.11 Å². The maximum Gasteiger partial charge on any atom is 0.331 e. The Balaban J connectivity index is 4.41. The molecule has 0 aliphatic heterocycles. The van der Waals surface area contributed by atoms with E-state index in [1.165, 1.54) is 7.11 Å². The lowest BCUT2D eigenvalue weighted by Gasteiger charge is -2.30. The first-order valence-electron chi connectivity index (χ1n) is 6.94. The molecule has 0 aromatic carbocycles. The molecule has 0 rings (SSSR count). The molecule has 0 aromatic heterocycles. The summed E-state index contributed by atoms with van der Waals surface area (Å²) in [6.45, 7) is 12.5. The van der Waals surface area contributed by atoms with E-state index in [4.69, 9.17) is 4.74 Å². The maximum atomic E-state index is 11.6. The van der Waals surface area contributed by atoms with Crippen LogP contribution in [0.5, 0.6) is 0 Å². The number of carbonyl (C=O) groups is 2. The van der Waals surface area contributed by atoms with Gasteiger partial charge in [-0.25, -0.2) is 9.59 Å². The van der Waals surface area contributed by atoms with Crippen molar-refractivity contribution in [3.63, 3.8) is 0 Å². The van der Waals surface area contributed by atoms with E-state index in [1.54, 1.807) is 0 Å². The van der Waals surface area contributed by atoms with E-state index in [9.17, 15) is 9.59 Å². The highest BCUT2D eigenvalue weighted by Crippen LogP contribution is 2.30. The van der Waals surface area contributed by atoms with Gasteiger partial charge in [-0.15, -0.1) is 0 Å². The quantitative estimate of drug-likeness (QED) is 0.553. The Labute approximate surface area is 122 Å². The summed E-state index contributed by atoms with van der Waals surface area (Å²) in [5.41, 5.74) is -0.299. The topological polar surface area (TPSA) is 52.6 Å². The van der Waals surface area contributed by atoms with Gasteiger partial charge in [0.2, 0.25) is 0 Å². The number of hydrogen-bond acceptors (Lipinski definition) is 4. The van der Waals surface area contributed by atoms with Gasteiger partial charge in [0.25, 0.3) is 0 Å². The van der Waals surface area contributed by atoms with Crippen LogP contribution in [0.2, 0.25) is 0 Å². The molecule has 0 bridgehead atoms. The van der Waals surface area contributed by atoms with E-state index in [2.05, 4.69) is 32.4 Å². The average molecular weight is 284 g/mol. The predicted octanol–water partition coefficient (Wildman–Crippen LogP) is 3.50. The molecule has 0 N–H and O–H groups in total. The van der Waals surface area contributed by atoms with Crippen LogP contribution in [-0.4, -0.2) is 24.6 Å². The molecule has 0 saturated carbocycles. The van der Waals surface area contributed by atoms with Gasteiger partial charge in [-0.2, -0.15) is 0 Å². The highest BCUT2D eigenvalue weighted by atomic mass is 16.6. The second-order valence-corrected chi connectivity index (χ2v) is 7.11. The second-order valence-electron chi connectivity index (χ2n) is 7.11. The average Bonchev–Trinajstić information content (AvgIpc) is 2.21. The molecule has 0 heterocycles. The summed E-state index contributed by atoms with van der Waals surface area (Å²) in [5.74, 6) is -0.647. The van der Waals surface area contributed by atoms with Crippen molar-refractivity contribution in [3.8, 4) is 0 Å². The Morgan fingerprint density at radius 1 is 1.00 bits per heavy atom. The number of methoxy groups -OCH3 is 1. The Kier molecular flexibility index (Phi) is 6.97. The standard InChI is InChI=1S/C16H28O4/c1-12(10-15(2,3)4)11-16(5,6)20-14(18)9-8-13(17)19-7/h8-9,12H,10-11H2,1-7H3/b9-8+. The summed E-state index contributed by atoms with van der Waals surface area (Å²) in [5, 5.41) is 0. The zero-order valence-corrected chi connectivity index (χ0v) is 13.8. The first kappa shape index (κ1) is 18.7. The second kappa shape index (κ2) is 7.46. The first-order valence-corrected chi connectivity index (χ1v) is 6.94. The third-order valence-corrected chi connectivity index (χ3v) is 2.73. The first-order chi connectivity index (χ1) is 8.95. The molecule has 4 nitrogen and oxygen atoms in total. The van der Waals surface area contributed by atoms with E-state index in [1.807, 2.05) is 13.8 Å². The van der Waals surface area contributed by atoms with Gasteiger partial charge in [0, 0.05) is 12.2 Å². The molecule has 0 fully saturated rings. The molecule has 0 aliphatic carbocycles. The Morgan fingerprint density at radius 3 is 1.95 bits per heavy atom. The minimum Gasteiger partial charge on any atom is -0.466 e. The molecule has 0 saturated heterocycles. The highest BCUT2D eigenvalue weighted by Gasteiger charge is 2.27. The smallest absolute Gasteiger partial charge is 0.331 e. The van der Waals surface area contributed by atoms with E-state index in [-0.39, 0.29) is 5.41 Å². The summed E-state index contributed by atoms with van der Waals surface area (Å²) >= 11 is 0. The zero-order valence-electron chi connectivity index (χ0n) is 13.8. The summed E-state index contributed by atoms with van der Waals surface area (Å²) < 4.78 is 9.80. The molecule has 4 heteroatoms. The molecule has 116 valence electrons. The van der Waals surface area contributed by atoms with Gasteiger partial charge in [0.15, 0.2) is 0 Å². The fourth-order valence-electron chi connectivity index (χ4n) is 2.51. The predicted molar refractivity (Wildman–Crippen MR) is 79.2 cm³/mol. The molecule has 0 aliphatic rings. The third kappa shape index (κ3) is 9.59. The van der Waals surface area contributed by atoms with Gasteiger partial charge < -0.3 is 9.47 Å². The Bertz CT molecular complexity index is 361. The Morgan fingerprint density at radius 2 is 1.50 bits per heavy atom. The van der Waals surface area contributed by atoms with Crippen molar-refractivity contribution in [2.24, 2.45) is 11.3 Å². The van der Waals surface area contributed by atoms with Gasteiger partial charge in [-0.1, -0.05) is 27.7 Å². The third-order valence-electron chi connectivity index (χ3n) is 2.73. The lowest BCUT2D eigenvalue weighted by atomic mass is 9.81. The molecule has 1 unspecified atom stereocenters. The SMILES string of the molecule is COC(=O)/C=C/C(=O)OC(C)(C)CC(C)CC(C)(C)C. The van der Waals surface area contributed by atoms with Crippen molar-refractivity contribution >= 4 is 11.9 Å². The van der Waals surface area contributed by atoms with Crippen LogP contribution in [0.3, 0.4) is 0 Å². The Hall–Kier alpha value is -1.32. The van der Waals surface area contributed by atoms with Crippen molar-refractivity contribution in [2.45, 2.75) is 60.0 Å². The number of carbonyl (C=O) groups excluding carboxylic acids is 2. The normalized spacial score (nSPS) is 14.2. The van der Waals surface area contributed by atoms with E-state index >= 15 is 0 Å². The van der Waals surface area contributed by atoms with E-state index in [0.717, 1.165) is 25.0 Å². The summed E-state index contributed by atoms with van der Waals surface area (Å²) in [6.07, 6.45) is 4.01. The summed E-state index contributed by atoms with van der Waals surface area (Å²) in [4.78, 5) is 22.5. The van der Waals surface area contributed by atoms with Crippen molar-refractivity contribution in [1.82, 2.24) is 0 Å². The molecule has 0 spiro atoms. The fourth-order valence-corrected chi connectivity index (χ4v) is 2.51. The molecular weight excluding hydrogens is 256 g/mol. The van der Waals surface area contributed by atoms with E-state index in [0.29, 0.717) is 5.92 Å². The van der Waals surface area contributed by atoms with Gasteiger partial charge >= 0.3 is 11.9 Å². The van der Waals surface area contributed by atoms with Crippen LogP contribution >= 0.6 is 0 Å². The van der Waals surface area contributed by atoms with Crippen LogP contribution in [0.25, 0.3) is 0 Å². The minimum absolute atomic E-state index is 0.254. The van der Waals surface area contributed by atoms with Crippen LogP contribution in [-0.2, 0) is 19.1 Å². The van der Waals surface area contributed by atoms with Crippen LogP contribution < -0.4 is 0 Å². The van der Waals surface area contributed by atoms with Crippen LogP contribution in [0.4, 0.5) is 0 Å². The maximum absolute atomic E-state index is 11.6. The number of rotatable bonds is 6. The van der Waals surface area contributed by atoms with Gasteiger partial charge in [-0.3, -0.25) is 0 Å². The lowest BCUT2D eigenvalue weighted by molar-refractivity contribution is -0.152.